The largest absolute Gasteiger partial charge is 0.496 e. The van der Waals surface area contributed by atoms with E-state index in [1.54, 1.807) is 21.3 Å². The van der Waals surface area contributed by atoms with Crippen molar-refractivity contribution >= 4 is 0 Å². The minimum absolute atomic E-state index is 0.640. The number of nitrogens with zero attached hydrogens (tertiary/aromatic N) is 2. The Balaban J connectivity index is 1.97. The predicted molar refractivity (Wildman–Crippen MR) is 75.8 cm³/mol. The summed E-state index contributed by atoms with van der Waals surface area (Å²) in [6.07, 6.45) is 2.03. The molecule has 0 unspecified atom stereocenters. The monoisotopic (exact) mass is 293 g/mol. The molecule has 0 saturated heterocycles. The number of ether oxygens (including phenoxy) is 3. The maximum atomic E-state index is 5.38. The topological polar surface area (TPSA) is 78.6 Å². The quantitative estimate of drug-likeness (QED) is 0.737. The van der Waals surface area contributed by atoms with Crippen molar-refractivity contribution in [1.82, 2.24) is 15.5 Å². The number of benzene rings is 1. The van der Waals surface area contributed by atoms with Crippen LogP contribution in [0.15, 0.2) is 23.0 Å². The molecule has 1 N–H and O–H groups in total. The first-order valence-electron chi connectivity index (χ1n) is 6.53. The third-order valence-electron chi connectivity index (χ3n) is 3.03. The number of aromatic nitrogens is 2. The van der Waals surface area contributed by atoms with Crippen LogP contribution in [0, 0.1) is 0 Å². The molecule has 0 aliphatic heterocycles. The second-order valence-corrected chi connectivity index (χ2v) is 4.29. The maximum absolute atomic E-state index is 5.38. The second kappa shape index (κ2) is 7.49. The van der Waals surface area contributed by atoms with Crippen LogP contribution < -0.4 is 19.5 Å². The Kier molecular flexibility index (Phi) is 5.39. The van der Waals surface area contributed by atoms with E-state index in [0.717, 1.165) is 17.9 Å². The van der Waals surface area contributed by atoms with E-state index in [1.807, 2.05) is 12.1 Å². The average Bonchev–Trinajstić information content (AvgIpc) is 3.04. The van der Waals surface area contributed by atoms with E-state index in [2.05, 4.69) is 20.0 Å². The summed E-state index contributed by atoms with van der Waals surface area (Å²) in [6.45, 7) is 1.37. The van der Waals surface area contributed by atoms with Crippen LogP contribution in [-0.4, -0.2) is 38.0 Å². The molecule has 0 aliphatic carbocycles. The number of methoxy groups -OCH3 is 3. The van der Waals surface area contributed by atoms with Crippen LogP contribution in [0.3, 0.4) is 0 Å². The van der Waals surface area contributed by atoms with Gasteiger partial charge in [0.1, 0.15) is 5.75 Å². The van der Waals surface area contributed by atoms with Gasteiger partial charge < -0.3 is 24.1 Å². The van der Waals surface area contributed by atoms with Crippen LogP contribution in [-0.2, 0) is 13.0 Å². The van der Waals surface area contributed by atoms with Gasteiger partial charge in [0.05, 0.1) is 21.3 Å². The standard InChI is InChI=1S/C14H19N3O4/c1-18-11-7-13(20-3)12(19-2)6-10(11)8-15-5-4-14-16-9-21-17-14/h6-7,9,15H,4-5,8H2,1-3H3. The molecule has 7 heteroatoms. The molecule has 21 heavy (non-hydrogen) atoms. The lowest BCUT2D eigenvalue weighted by Gasteiger charge is -2.14. The third-order valence-corrected chi connectivity index (χ3v) is 3.03. The zero-order valence-electron chi connectivity index (χ0n) is 12.4. The minimum atomic E-state index is 0.640. The van der Waals surface area contributed by atoms with E-state index in [1.165, 1.54) is 6.39 Å². The molecule has 0 saturated carbocycles. The highest BCUT2D eigenvalue weighted by Crippen LogP contribution is 2.34. The molecule has 0 bridgehead atoms. The van der Waals surface area contributed by atoms with E-state index >= 15 is 0 Å². The Labute approximate surface area is 123 Å². The minimum Gasteiger partial charge on any atom is -0.496 e. The Morgan fingerprint density at radius 3 is 2.38 bits per heavy atom. The molecule has 0 atom stereocenters. The molecule has 2 aromatic rings. The van der Waals surface area contributed by atoms with E-state index in [9.17, 15) is 0 Å². The van der Waals surface area contributed by atoms with E-state index < -0.39 is 0 Å². The molecule has 0 spiro atoms. The Bertz CT molecular complexity index is 558. The zero-order chi connectivity index (χ0) is 15.1. The molecule has 114 valence electrons. The van der Waals surface area contributed by atoms with Crippen LogP contribution in [0.5, 0.6) is 17.2 Å². The summed E-state index contributed by atoms with van der Waals surface area (Å²) >= 11 is 0. The van der Waals surface area contributed by atoms with Gasteiger partial charge in [-0.25, -0.2) is 0 Å². The van der Waals surface area contributed by atoms with Gasteiger partial charge in [-0.3, -0.25) is 0 Å². The van der Waals surface area contributed by atoms with Crippen molar-refractivity contribution in [3.8, 4) is 17.2 Å². The lowest BCUT2D eigenvalue weighted by Crippen LogP contribution is -2.17. The lowest BCUT2D eigenvalue weighted by atomic mass is 10.1. The summed E-state index contributed by atoms with van der Waals surface area (Å²) in [7, 11) is 4.84. The van der Waals surface area contributed by atoms with Gasteiger partial charge in [0.2, 0.25) is 6.39 Å². The highest BCUT2D eigenvalue weighted by Gasteiger charge is 2.11. The fraction of sp³-hybridized carbons (Fsp3) is 0.429. The number of hydrogen-bond acceptors (Lipinski definition) is 7. The molecule has 0 aliphatic rings. The summed E-state index contributed by atoms with van der Waals surface area (Å²) < 4.78 is 20.6. The van der Waals surface area contributed by atoms with Crippen molar-refractivity contribution in [2.75, 3.05) is 27.9 Å². The Morgan fingerprint density at radius 1 is 1.05 bits per heavy atom. The van der Waals surface area contributed by atoms with Crippen LogP contribution in [0.2, 0.25) is 0 Å². The third kappa shape index (κ3) is 3.85. The summed E-state index contributed by atoms with van der Waals surface area (Å²) in [5.41, 5.74) is 0.989. The number of hydrogen-bond donors (Lipinski definition) is 1. The van der Waals surface area contributed by atoms with Crippen molar-refractivity contribution in [1.29, 1.82) is 0 Å². The molecule has 1 aromatic carbocycles. The Morgan fingerprint density at radius 2 is 1.76 bits per heavy atom. The van der Waals surface area contributed by atoms with Crippen LogP contribution in [0.4, 0.5) is 0 Å². The van der Waals surface area contributed by atoms with E-state index in [0.29, 0.717) is 30.3 Å². The van der Waals surface area contributed by atoms with Crippen molar-refractivity contribution in [2.45, 2.75) is 13.0 Å². The van der Waals surface area contributed by atoms with Gasteiger partial charge in [0.15, 0.2) is 17.3 Å². The molecular weight excluding hydrogens is 274 g/mol. The molecule has 1 aromatic heterocycles. The second-order valence-electron chi connectivity index (χ2n) is 4.29. The van der Waals surface area contributed by atoms with E-state index in [-0.39, 0.29) is 0 Å². The van der Waals surface area contributed by atoms with Gasteiger partial charge in [-0.1, -0.05) is 5.16 Å². The number of rotatable bonds is 8. The lowest BCUT2D eigenvalue weighted by molar-refractivity contribution is 0.347. The molecule has 0 radical (unpaired) electrons. The van der Waals surface area contributed by atoms with Gasteiger partial charge in [0, 0.05) is 31.1 Å². The van der Waals surface area contributed by atoms with Gasteiger partial charge >= 0.3 is 0 Å². The first kappa shape index (κ1) is 15.1. The molecular formula is C14H19N3O4. The highest BCUT2D eigenvalue weighted by atomic mass is 16.5. The van der Waals surface area contributed by atoms with Crippen LogP contribution in [0.25, 0.3) is 0 Å². The number of nitrogens with one attached hydrogen (secondary N) is 1. The molecule has 7 nitrogen and oxygen atoms in total. The summed E-state index contributed by atoms with van der Waals surface area (Å²) in [5.74, 6) is 2.75. The fourth-order valence-corrected chi connectivity index (χ4v) is 1.96. The molecule has 0 fully saturated rings. The smallest absolute Gasteiger partial charge is 0.213 e. The SMILES string of the molecule is COc1cc(OC)c(OC)cc1CNCCc1ncon1. The first-order chi connectivity index (χ1) is 10.3. The molecule has 0 amide bonds. The highest BCUT2D eigenvalue weighted by molar-refractivity contribution is 5.50. The van der Waals surface area contributed by atoms with Crippen molar-refractivity contribution in [3.05, 3.63) is 29.9 Å². The van der Waals surface area contributed by atoms with Crippen molar-refractivity contribution in [2.24, 2.45) is 0 Å². The van der Waals surface area contributed by atoms with Gasteiger partial charge in [0.25, 0.3) is 0 Å². The van der Waals surface area contributed by atoms with Gasteiger partial charge in [-0.2, -0.15) is 4.98 Å². The molecule has 1 heterocycles. The summed E-state index contributed by atoms with van der Waals surface area (Å²) in [5, 5.41) is 7.06. The average molecular weight is 293 g/mol. The summed E-state index contributed by atoms with van der Waals surface area (Å²) in [4.78, 5) is 3.97. The van der Waals surface area contributed by atoms with Crippen LogP contribution in [0.1, 0.15) is 11.4 Å². The van der Waals surface area contributed by atoms with Crippen molar-refractivity contribution < 1.29 is 18.7 Å². The predicted octanol–water partition coefficient (Wildman–Crippen LogP) is 1.43. The maximum Gasteiger partial charge on any atom is 0.213 e. The Hall–Kier alpha value is -2.28. The zero-order valence-corrected chi connectivity index (χ0v) is 12.4. The first-order valence-corrected chi connectivity index (χ1v) is 6.53. The normalized spacial score (nSPS) is 10.4. The molecule has 2 rings (SSSR count). The van der Waals surface area contributed by atoms with E-state index in [4.69, 9.17) is 14.2 Å². The van der Waals surface area contributed by atoms with Crippen molar-refractivity contribution in [3.63, 3.8) is 0 Å². The van der Waals surface area contributed by atoms with Crippen LogP contribution >= 0.6 is 0 Å². The summed E-state index contributed by atoms with van der Waals surface area (Å²) in [6, 6.07) is 3.72. The van der Waals surface area contributed by atoms with Gasteiger partial charge in [-0.05, 0) is 6.07 Å². The van der Waals surface area contributed by atoms with Gasteiger partial charge in [-0.15, -0.1) is 0 Å². The fourth-order valence-electron chi connectivity index (χ4n) is 1.96.